The van der Waals surface area contributed by atoms with Crippen molar-refractivity contribution in [3.05, 3.63) is 72.9 Å². The second kappa shape index (κ2) is 7.38. The van der Waals surface area contributed by atoms with Crippen molar-refractivity contribution in [1.29, 1.82) is 0 Å². The van der Waals surface area contributed by atoms with E-state index >= 15 is 0 Å². The number of aromatic nitrogens is 3. The number of benzene rings is 1. The summed E-state index contributed by atoms with van der Waals surface area (Å²) in [4.78, 5) is 12.1. The van der Waals surface area contributed by atoms with Crippen LogP contribution >= 0.6 is 11.3 Å². The lowest BCUT2D eigenvalue weighted by atomic mass is 10.2. The minimum absolute atomic E-state index is 0.420. The van der Waals surface area contributed by atoms with Crippen molar-refractivity contribution < 1.29 is 9.13 Å². The fourth-order valence-electron chi connectivity index (χ4n) is 2.45. The molecule has 4 aromatic rings. The van der Waals surface area contributed by atoms with Gasteiger partial charge in [0.1, 0.15) is 17.3 Å². The lowest BCUT2D eigenvalue weighted by Gasteiger charge is -2.08. The number of hydrogen-bond donors (Lipinski definition) is 2. The summed E-state index contributed by atoms with van der Waals surface area (Å²) in [5, 5.41) is 4.02. The third-order valence-electron chi connectivity index (χ3n) is 3.60. The Kier molecular flexibility index (Phi) is 4.63. The van der Waals surface area contributed by atoms with Crippen LogP contribution in [0.4, 0.5) is 21.0 Å². The highest BCUT2D eigenvalue weighted by atomic mass is 32.1. The zero-order valence-electron chi connectivity index (χ0n) is 14.0. The van der Waals surface area contributed by atoms with E-state index in [2.05, 4.69) is 20.3 Å². The summed E-state index contributed by atoms with van der Waals surface area (Å²) >= 11 is 1.26. The molecule has 6 nitrogen and oxygen atoms in total. The zero-order valence-corrected chi connectivity index (χ0v) is 14.8. The molecular weight excluding hydrogens is 365 g/mol. The molecule has 0 saturated carbocycles. The molecule has 0 fully saturated rings. The molecule has 0 unspecified atom stereocenters. The molecule has 0 bridgehead atoms. The molecule has 0 atom stereocenters. The Labute approximate surface area is 158 Å². The average molecular weight is 379 g/mol. The summed E-state index contributed by atoms with van der Waals surface area (Å²) in [5.74, 6) is 0.500. The standard InChI is InChI=1S/C19H14FN5OS/c20-15-10-13(6-8-22-15)24-16-11-14(7-9-23-16)26-18-17(25-19(21)27-18)12-4-2-1-3-5-12/h1-11H,(H2,21,25)(H,22,23,24). The number of anilines is 3. The minimum atomic E-state index is -0.569. The fraction of sp³-hybridized carbons (Fsp3) is 0. The number of rotatable bonds is 5. The Balaban J connectivity index is 1.59. The highest BCUT2D eigenvalue weighted by molar-refractivity contribution is 7.17. The number of ether oxygens (including phenoxy) is 1. The quantitative estimate of drug-likeness (QED) is 0.482. The topological polar surface area (TPSA) is 86.0 Å². The second-order valence-electron chi connectivity index (χ2n) is 5.53. The summed E-state index contributed by atoms with van der Waals surface area (Å²) in [6.07, 6.45) is 2.98. The van der Waals surface area contributed by atoms with Gasteiger partial charge in [-0.1, -0.05) is 41.7 Å². The summed E-state index contributed by atoms with van der Waals surface area (Å²) < 4.78 is 19.2. The third kappa shape index (κ3) is 4.01. The van der Waals surface area contributed by atoms with Gasteiger partial charge in [-0.3, -0.25) is 0 Å². The number of nitrogen functional groups attached to an aromatic ring is 1. The number of nitrogens with zero attached hydrogens (tertiary/aromatic N) is 3. The van der Waals surface area contributed by atoms with E-state index in [0.717, 1.165) is 5.56 Å². The van der Waals surface area contributed by atoms with Crippen LogP contribution in [-0.4, -0.2) is 15.0 Å². The van der Waals surface area contributed by atoms with Gasteiger partial charge in [-0.05, 0) is 12.1 Å². The normalized spacial score (nSPS) is 10.6. The molecule has 27 heavy (non-hydrogen) atoms. The molecule has 3 heterocycles. The number of thiazole rings is 1. The van der Waals surface area contributed by atoms with Crippen molar-refractivity contribution in [3.8, 4) is 22.1 Å². The van der Waals surface area contributed by atoms with Gasteiger partial charge in [-0.15, -0.1) is 0 Å². The van der Waals surface area contributed by atoms with Gasteiger partial charge in [0.2, 0.25) is 11.0 Å². The van der Waals surface area contributed by atoms with Crippen LogP contribution in [0.1, 0.15) is 0 Å². The van der Waals surface area contributed by atoms with Crippen LogP contribution < -0.4 is 15.8 Å². The Hall–Kier alpha value is -3.52. The van der Waals surface area contributed by atoms with Gasteiger partial charge in [0.15, 0.2) is 5.13 Å². The SMILES string of the molecule is Nc1nc(-c2ccccc2)c(Oc2ccnc(Nc3ccnc(F)c3)c2)s1. The molecule has 0 aliphatic rings. The first kappa shape index (κ1) is 16.9. The number of hydrogen-bond acceptors (Lipinski definition) is 7. The van der Waals surface area contributed by atoms with Crippen molar-refractivity contribution in [2.75, 3.05) is 11.1 Å². The van der Waals surface area contributed by atoms with E-state index in [1.54, 1.807) is 24.4 Å². The molecule has 0 amide bonds. The monoisotopic (exact) mass is 379 g/mol. The molecule has 3 N–H and O–H groups in total. The smallest absolute Gasteiger partial charge is 0.214 e. The third-order valence-corrected chi connectivity index (χ3v) is 4.36. The molecule has 0 aliphatic heterocycles. The van der Waals surface area contributed by atoms with E-state index in [1.807, 2.05) is 30.3 Å². The maximum Gasteiger partial charge on any atom is 0.214 e. The molecular formula is C19H14FN5OS. The Morgan fingerprint density at radius 3 is 2.63 bits per heavy atom. The Morgan fingerprint density at radius 2 is 1.81 bits per heavy atom. The van der Waals surface area contributed by atoms with E-state index in [9.17, 15) is 4.39 Å². The van der Waals surface area contributed by atoms with Crippen LogP contribution in [-0.2, 0) is 0 Å². The molecule has 3 aromatic heterocycles. The van der Waals surface area contributed by atoms with Crippen molar-refractivity contribution in [3.63, 3.8) is 0 Å². The second-order valence-corrected chi connectivity index (χ2v) is 6.52. The molecule has 0 spiro atoms. The van der Waals surface area contributed by atoms with Crippen molar-refractivity contribution in [1.82, 2.24) is 15.0 Å². The lowest BCUT2D eigenvalue weighted by Crippen LogP contribution is -1.95. The van der Waals surface area contributed by atoms with Crippen LogP contribution in [0.15, 0.2) is 67.0 Å². The highest BCUT2D eigenvalue weighted by Gasteiger charge is 2.14. The van der Waals surface area contributed by atoms with Crippen molar-refractivity contribution in [2.45, 2.75) is 0 Å². The van der Waals surface area contributed by atoms with Crippen molar-refractivity contribution >= 4 is 28.0 Å². The molecule has 134 valence electrons. The van der Waals surface area contributed by atoms with E-state index in [0.29, 0.717) is 33.1 Å². The first-order chi connectivity index (χ1) is 13.2. The van der Waals surface area contributed by atoms with Gasteiger partial charge < -0.3 is 15.8 Å². The number of pyridine rings is 2. The van der Waals surface area contributed by atoms with E-state index < -0.39 is 5.95 Å². The van der Waals surface area contributed by atoms with Crippen LogP contribution in [0, 0.1) is 5.95 Å². The first-order valence-corrected chi connectivity index (χ1v) is 8.83. The maximum absolute atomic E-state index is 13.2. The summed E-state index contributed by atoms with van der Waals surface area (Å²) in [6, 6.07) is 16.0. The number of nitrogens with two attached hydrogens (primary N) is 1. The average Bonchev–Trinajstić information content (AvgIpc) is 3.03. The van der Waals surface area contributed by atoms with Gasteiger partial charge in [-0.2, -0.15) is 4.39 Å². The highest BCUT2D eigenvalue weighted by Crippen LogP contribution is 2.39. The molecule has 8 heteroatoms. The van der Waals surface area contributed by atoms with Gasteiger partial charge in [0.05, 0.1) is 0 Å². The Morgan fingerprint density at radius 1 is 1.00 bits per heavy atom. The first-order valence-electron chi connectivity index (χ1n) is 8.01. The molecule has 0 radical (unpaired) electrons. The van der Waals surface area contributed by atoms with Gasteiger partial charge >= 0.3 is 0 Å². The number of halogens is 1. The maximum atomic E-state index is 13.2. The van der Waals surface area contributed by atoms with Gasteiger partial charge in [0, 0.05) is 35.8 Å². The summed E-state index contributed by atoms with van der Waals surface area (Å²) in [6.45, 7) is 0. The molecule has 0 saturated heterocycles. The Bertz CT molecular complexity index is 1070. The molecule has 0 aliphatic carbocycles. The molecule has 4 rings (SSSR count). The minimum Gasteiger partial charge on any atom is -0.444 e. The zero-order chi connectivity index (χ0) is 18.6. The van der Waals surface area contributed by atoms with Gasteiger partial charge in [-0.25, -0.2) is 15.0 Å². The fourth-order valence-corrected chi connectivity index (χ4v) is 3.17. The largest absolute Gasteiger partial charge is 0.444 e. The predicted octanol–water partition coefficient (Wildman–Crippen LogP) is 4.86. The van der Waals surface area contributed by atoms with E-state index in [1.165, 1.54) is 23.6 Å². The van der Waals surface area contributed by atoms with Crippen molar-refractivity contribution in [2.24, 2.45) is 0 Å². The van der Waals surface area contributed by atoms with Crippen LogP contribution in [0.2, 0.25) is 0 Å². The van der Waals surface area contributed by atoms with Crippen LogP contribution in [0.25, 0.3) is 11.3 Å². The van der Waals surface area contributed by atoms with Crippen LogP contribution in [0.3, 0.4) is 0 Å². The predicted molar refractivity (Wildman–Crippen MR) is 104 cm³/mol. The van der Waals surface area contributed by atoms with E-state index in [-0.39, 0.29) is 0 Å². The van der Waals surface area contributed by atoms with Gasteiger partial charge in [0.25, 0.3) is 0 Å². The van der Waals surface area contributed by atoms with Crippen LogP contribution in [0.5, 0.6) is 10.8 Å². The lowest BCUT2D eigenvalue weighted by molar-refractivity contribution is 0.496. The summed E-state index contributed by atoms with van der Waals surface area (Å²) in [5.41, 5.74) is 8.02. The van der Waals surface area contributed by atoms with E-state index in [4.69, 9.17) is 10.5 Å². The number of nitrogens with one attached hydrogen (secondary N) is 1. The molecule has 1 aromatic carbocycles. The summed E-state index contributed by atoms with van der Waals surface area (Å²) in [7, 11) is 0.